The van der Waals surface area contributed by atoms with E-state index in [9.17, 15) is 0 Å². The second kappa shape index (κ2) is 3.91. The van der Waals surface area contributed by atoms with E-state index in [0.29, 0.717) is 5.92 Å². The molecular weight excluding hydrogens is 198 g/mol. The molecule has 2 aromatic rings. The van der Waals surface area contributed by atoms with Gasteiger partial charge in [0.25, 0.3) is 0 Å². The number of aromatic nitrogens is 2. The number of hydrogen-bond acceptors (Lipinski definition) is 2. The van der Waals surface area contributed by atoms with Crippen LogP contribution in [0, 0.1) is 0 Å². The van der Waals surface area contributed by atoms with Gasteiger partial charge in [-0.2, -0.15) is 0 Å². The van der Waals surface area contributed by atoms with Gasteiger partial charge in [0.1, 0.15) is 5.82 Å². The van der Waals surface area contributed by atoms with Crippen molar-refractivity contribution in [3.05, 3.63) is 29.6 Å². The number of rotatable bonds is 2. The lowest BCUT2D eigenvalue weighted by Gasteiger charge is -2.10. The third-order valence-corrected chi connectivity index (χ3v) is 2.99. The van der Waals surface area contributed by atoms with Crippen molar-refractivity contribution in [1.82, 2.24) is 9.55 Å². The average Bonchev–Trinajstić information content (AvgIpc) is 2.56. The highest BCUT2D eigenvalue weighted by Crippen LogP contribution is 2.26. The molecule has 1 heterocycles. The van der Waals surface area contributed by atoms with Gasteiger partial charge in [-0.05, 0) is 24.5 Å². The van der Waals surface area contributed by atoms with E-state index in [1.165, 1.54) is 11.1 Å². The summed E-state index contributed by atoms with van der Waals surface area (Å²) in [6.45, 7) is 6.37. The van der Waals surface area contributed by atoms with Crippen molar-refractivity contribution in [3.63, 3.8) is 0 Å². The summed E-state index contributed by atoms with van der Waals surface area (Å²) in [6.07, 6.45) is 0. The van der Waals surface area contributed by atoms with Crippen LogP contribution in [-0.2, 0) is 7.05 Å². The summed E-state index contributed by atoms with van der Waals surface area (Å²) in [5, 5.41) is 0. The zero-order chi connectivity index (χ0) is 11.9. The fraction of sp³-hybridized carbons (Fsp3) is 0.462. The predicted molar refractivity (Wildman–Crippen MR) is 67.4 cm³/mol. The Kier molecular flexibility index (Phi) is 2.72. The highest BCUT2D eigenvalue weighted by atomic mass is 15.1. The summed E-state index contributed by atoms with van der Waals surface area (Å²) >= 11 is 0. The van der Waals surface area contributed by atoms with Gasteiger partial charge in [-0.15, -0.1) is 0 Å². The molecule has 3 heteroatoms. The highest BCUT2D eigenvalue weighted by Gasteiger charge is 2.14. The molecule has 0 saturated carbocycles. The van der Waals surface area contributed by atoms with Gasteiger partial charge in [0.2, 0.25) is 0 Å². The molecule has 0 saturated heterocycles. The largest absolute Gasteiger partial charge is 0.330 e. The van der Waals surface area contributed by atoms with Gasteiger partial charge in [-0.25, -0.2) is 4.98 Å². The number of aryl methyl sites for hydroxylation is 1. The van der Waals surface area contributed by atoms with Crippen molar-refractivity contribution in [2.24, 2.45) is 12.8 Å². The van der Waals surface area contributed by atoms with E-state index in [4.69, 9.17) is 5.73 Å². The van der Waals surface area contributed by atoms with Gasteiger partial charge >= 0.3 is 0 Å². The molecule has 0 bridgehead atoms. The van der Waals surface area contributed by atoms with Crippen molar-refractivity contribution >= 4 is 11.0 Å². The Bertz CT molecular complexity index is 509. The Morgan fingerprint density at radius 1 is 1.25 bits per heavy atom. The van der Waals surface area contributed by atoms with E-state index in [2.05, 4.69) is 35.5 Å². The SMILES string of the molecule is CC(C)c1cccc2nc(C(C)N)n(C)c12. The van der Waals surface area contributed by atoms with Gasteiger partial charge in [0.05, 0.1) is 17.1 Å². The number of fused-ring (bicyclic) bond motifs is 1. The molecule has 1 aromatic carbocycles. The maximum Gasteiger partial charge on any atom is 0.126 e. The minimum Gasteiger partial charge on any atom is -0.330 e. The molecule has 1 unspecified atom stereocenters. The number of para-hydroxylation sites is 1. The first-order valence-electron chi connectivity index (χ1n) is 5.73. The van der Waals surface area contributed by atoms with Gasteiger partial charge in [0.15, 0.2) is 0 Å². The smallest absolute Gasteiger partial charge is 0.126 e. The highest BCUT2D eigenvalue weighted by molar-refractivity contribution is 5.80. The monoisotopic (exact) mass is 217 g/mol. The molecule has 0 spiro atoms. The maximum atomic E-state index is 5.92. The topological polar surface area (TPSA) is 43.8 Å². The quantitative estimate of drug-likeness (QED) is 0.840. The van der Waals surface area contributed by atoms with Crippen LogP contribution in [0.3, 0.4) is 0 Å². The van der Waals surface area contributed by atoms with Gasteiger partial charge in [-0.1, -0.05) is 26.0 Å². The van der Waals surface area contributed by atoms with Crippen molar-refractivity contribution in [2.75, 3.05) is 0 Å². The molecule has 0 aliphatic heterocycles. The number of nitrogens with zero attached hydrogens (tertiary/aromatic N) is 2. The molecule has 1 atom stereocenters. The van der Waals surface area contributed by atoms with Crippen LogP contribution < -0.4 is 5.73 Å². The standard InChI is InChI=1S/C13H19N3/c1-8(2)10-6-5-7-11-12(10)16(4)13(15-11)9(3)14/h5-9H,14H2,1-4H3. The van der Waals surface area contributed by atoms with E-state index in [1.54, 1.807) is 0 Å². The molecule has 0 aliphatic rings. The van der Waals surface area contributed by atoms with Crippen molar-refractivity contribution in [3.8, 4) is 0 Å². The Labute approximate surface area is 96.3 Å². The van der Waals surface area contributed by atoms with Crippen LogP contribution >= 0.6 is 0 Å². The molecule has 0 aliphatic carbocycles. The van der Waals surface area contributed by atoms with Gasteiger partial charge in [0, 0.05) is 7.05 Å². The van der Waals surface area contributed by atoms with Crippen LogP contribution in [0.4, 0.5) is 0 Å². The van der Waals surface area contributed by atoms with Crippen LogP contribution in [0.1, 0.15) is 44.1 Å². The van der Waals surface area contributed by atoms with Crippen molar-refractivity contribution < 1.29 is 0 Å². The molecule has 86 valence electrons. The van der Waals surface area contributed by atoms with E-state index in [0.717, 1.165) is 11.3 Å². The van der Waals surface area contributed by atoms with E-state index < -0.39 is 0 Å². The fourth-order valence-corrected chi connectivity index (χ4v) is 2.19. The zero-order valence-corrected chi connectivity index (χ0v) is 10.4. The number of imidazole rings is 1. The van der Waals surface area contributed by atoms with Crippen LogP contribution in [-0.4, -0.2) is 9.55 Å². The molecule has 0 amide bonds. The first-order valence-corrected chi connectivity index (χ1v) is 5.73. The van der Waals surface area contributed by atoms with Gasteiger partial charge < -0.3 is 10.3 Å². The lowest BCUT2D eigenvalue weighted by atomic mass is 10.0. The molecule has 0 radical (unpaired) electrons. The summed E-state index contributed by atoms with van der Waals surface area (Å²) in [4.78, 5) is 4.59. The lowest BCUT2D eigenvalue weighted by Crippen LogP contribution is -2.11. The van der Waals surface area contributed by atoms with E-state index in [-0.39, 0.29) is 6.04 Å². The Hall–Kier alpha value is -1.35. The maximum absolute atomic E-state index is 5.92. The Morgan fingerprint density at radius 2 is 1.94 bits per heavy atom. The second-order valence-corrected chi connectivity index (χ2v) is 4.69. The third kappa shape index (κ3) is 1.61. The van der Waals surface area contributed by atoms with Crippen LogP contribution in [0.5, 0.6) is 0 Å². The van der Waals surface area contributed by atoms with Crippen LogP contribution in [0.25, 0.3) is 11.0 Å². The minimum atomic E-state index is -0.0302. The number of nitrogens with two attached hydrogens (primary N) is 1. The summed E-state index contributed by atoms with van der Waals surface area (Å²) in [5.41, 5.74) is 9.51. The zero-order valence-electron chi connectivity index (χ0n) is 10.4. The summed E-state index contributed by atoms with van der Waals surface area (Å²) in [7, 11) is 2.04. The van der Waals surface area contributed by atoms with Crippen molar-refractivity contribution in [2.45, 2.75) is 32.7 Å². The van der Waals surface area contributed by atoms with Crippen LogP contribution in [0.2, 0.25) is 0 Å². The van der Waals surface area contributed by atoms with E-state index in [1.807, 2.05) is 20.0 Å². The lowest BCUT2D eigenvalue weighted by molar-refractivity contribution is 0.693. The third-order valence-electron chi connectivity index (χ3n) is 2.99. The fourth-order valence-electron chi connectivity index (χ4n) is 2.19. The summed E-state index contributed by atoms with van der Waals surface area (Å²) in [5.74, 6) is 1.45. The number of benzene rings is 1. The molecule has 2 rings (SSSR count). The van der Waals surface area contributed by atoms with Crippen molar-refractivity contribution in [1.29, 1.82) is 0 Å². The second-order valence-electron chi connectivity index (χ2n) is 4.69. The first-order chi connectivity index (χ1) is 7.52. The molecule has 1 aromatic heterocycles. The summed E-state index contributed by atoms with van der Waals surface area (Å²) in [6, 6.07) is 6.25. The van der Waals surface area contributed by atoms with Gasteiger partial charge in [-0.3, -0.25) is 0 Å². The molecular formula is C13H19N3. The van der Waals surface area contributed by atoms with Crippen LogP contribution in [0.15, 0.2) is 18.2 Å². The molecule has 2 N–H and O–H groups in total. The first kappa shape index (κ1) is 11.1. The molecule has 0 fully saturated rings. The minimum absolute atomic E-state index is 0.0302. The Morgan fingerprint density at radius 3 is 2.50 bits per heavy atom. The number of hydrogen-bond donors (Lipinski definition) is 1. The average molecular weight is 217 g/mol. The summed E-state index contributed by atoms with van der Waals surface area (Å²) < 4.78 is 2.12. The molecule has 3 nitrogen and oxygen atoms in total. The predicted octanol–water partition coefficient (Wildman–Crippen LogP) is 2.72. The van der Waals surface area contributed by atoms with E-state index >= 15 is 0 Å². The normalized spacial score (nSPS) is 13.6. The molecule has 16 heavy (non-hydrogen) atoms. The Balaban J connectivity index is 2.77.